The van der Waals surface area contributed by atoms with Crippen LogP contribution in [0.4, 0.5) is 17.6 Å². The van der Waals surface area contributed by atoms with Gasteiger partial charge in [-0.15, -0.1) is 0 Å². The van der Waals surface area contributed by atoms with Crippen molar-refractivity contribution in [2.24, 2.45) is 5.92 Å². The molecule has 4 heteroatoms. The van der Waals surface area contributed by atoms with Crippen molar-refractivity contribution in [3.05, 3.63) is 58.7 Å². The first-order valence-corrected chi connectivity index (χ1v) is 8.45. The number of halogens is 4. The van der Waals surface area contributed by atoms with E-state index in [0.29, 0.717) is 5.92 Å². The standard InChI is InChI=1S/C20H20F4/c1-2-3-4-12-5-6-13-8-16(17(21)9-14(13)7-12)15-10-18(22)20(24)19(23)11-15/h8-12H,2-7H2,1H3. The second kappa shape index (κ2) is 6.96. The zero-order chi connectivity index (χ0) is 17.3. The smallest absolute Gasteiger partial charge is 0.194 e. The van der Waals surface area contributed by atoms with Crippen molar-refractivity contribution in [3.63, 3.8) is 0 Å². The van der Waals surface area contributed by atoms with Crippen LogP contribution < -0.4 is 0 Å². The van der Waals surface area contributed by atoms with Gasteiger partial charge in [-0.25, -0.2) is 17.6 Å². The van der Waals surface area contributed by atoms with E-state index in [9.17, 15) is 17.6 Å². The summed E-state index contributed by atoms with van der Waals surface area (Å²) >= 11 is 0. The lowest BCUT2D eigenvalue weighted by Gasteiger charge is -2.25. The largest absolute Gasteiger partial charge is 0.206 e. The van der Waals surface area contributed by atoms with Gasteiger partial charge in [0.15, 0.2) is 17.5 Å². The van der Waals surface area contributed by atoms with Crippen molar-refractivity contribution < 1.29 is 17.6 Å². The Morgan fingerprint density at radius 2 is 1.62 bits per heavy atom. The summed E-state index contributed by atoms with van der Waals surface area (Å²) in [6.45, 7) is 2.16. The quantitative estimate of drug-likeness (QED) is 0.460. The Labute approximate surface area is 139 Å². The van der Waals surface area contributed by atoms with Gasteiger partial charge in [0.05, 0.1) is 0 Å². The third-order valence-electron chi connectivity index (χ3n) is 4.88. The molecule has 0 fully saturated rings. The second-order valence-corrected chi connectivity index (χ2v) is 6.61. The Morgan fingerprint density at radius 3 is 2.29 bits per heavy atom. The van der Waals surface area contributed by atoms with Crippen molar-refractivity contribution in [2.75, 3.05) is 0 Å². The highest BCUT2D eigenvalue weighted by atomic mass is 19.2. The number of hydrogen-bond acceptors (Lipinski definition) is 0. The average molecular weight is 336 g/mol. The topological polar surface area (TPSA) is 0 Å². The van der Waals surface area contributed by atoms with Crippen LogP contribution in [0.5, 0.6) is 0 Å². The van der Waals surface area contributed by atoms with Crippen LogP contribution in [0.25, 0.3) is 11.1 Å². The minimum absolute atomic E-state index is 0.0276. The van der Waals surface area contributed by atoms with Gasteiger partial charge in [-0.1, -0.05) is 26.2 Å². The van der Waals surface area contributed by atoms with E-state index in [1.807, 2.05) is 0 Å². The number of aryl methyl sites for hydroxylation is 1. The van der Waals surface area contributed by atoms with Crippen molar-refractivity contribution in [2.45, 2.75) is 45.4 Å². The Balaban J connectivity index is 1.93. The molecule has 0 bridgehead atoms. The summed E-state index contributed by atoms with van der Waals surface area (Å²) in [6, 6.07) is 4.82. The molecule has 1 aliphatic carbocycles. The van der Waals surface area contributed by atoms with Gasteiger partial charge >= 0.3 is 0 Å². The number of rotatable bonds is 4. The molecule has 0 spiro atoms. The van der Waals surface area contributed by atoms with E-state index < -0.39 is 23.3 Å². The van der Waals surface area contributed by atoms with Gasteiger partial charge in [0.25, 0.3) is 0 Å². The van der Waals surface area contributed by atoms with Crippen LogP contribution in [0.15, 0.2) is 24.3 Å². The summed E-state index contributed by atoms with van der Waals surface area (Å²) in [5.41, 5.74) is 2.15. The van der Waals surface area contributed by atoms with Crippen LogP contribution in [0.1, 0.15) is 43.7 Å². The number of hydrogen-bond donors (Lipinski definition) is 0. The minimum atomic E-state index is -1.53. The molecule has 0 radical (unpaired) electrons. The fraction of sp³-hybridized carbons (Fsp3) is 0.400. The summed E-state index contributed by atoms with van der Waals surface area (Å²) in [5.74, 6) is -4.09. The summed E-state index contributed by atoms with van der Waals surface area (Å²) in [4.78, 5) is 0. The maximum absolute atomic E-state index is 14.5. The highest BCUT2D eigenvalue weighted by Gasteiger charge is 2.21. The molecule has 0 saturated carbocycles. The molecular formula is C20H20F4. The van der Waals surface area contributed by atoms with Gasteiger partial charge in [0.2, 0.25) is 0 Å². The lowest BCUT2D eigenvalue weighted by molar-refractivity contribution is 0.411. The maximum atomic E-state index is 14.5. The van der Waals surface area contributed by atoms with Crippen molar-refractivity contribution >= 4 is 0 Å². The summed E-state index contributed by atoms with van der Waals surface area (Å²) in [5, 5.41) is 0. The van der Waals surface area contributed by atoms with Gasteiger partial charge in [-0.2, -0.15) is 0 Å². The highest BCUT2D eigenvalue weighted by Crippen LogP contribution is 2.34. The first-order valence-electron chi connectivity index (χ1n) is 8.45. The zero-order valence-electron chi connectivity index (χ0n) is 13.6. The lowest BCUT2D eigenvalue weighted by Crippen LogP contribution is -2.15. The molecule has 2 aromatic rings. The third kappa shape index (κ3) is 3.33. The Morgan fingerprint density at radius 1 is 0.917 bits per heavy atom. The van der Waals surface area contributed by atoms with Crippen LogP contribution in [0.2, 0.25) is 0 Å². The van der Waals surface area contributed by atoms with Gasteiger partial charge in [-0.05, 0) is 66.1 Å². The molecule has 0 heterocycles. The number of fused-ring (bicyclic) bond motifs is 1. The number of unbranched alkanes of at least 4 members (excludes halogenated alkanes) is 1. The molecule has 1 unspecified atom stereocenters. The van der Waals surface area contributed by atoms with Crippen molar-refractivity contribution in [3.8, 4) is 11.1 Å². The van der Waals surface area contributed by atoms with E-state index in [1.165, 1.54) is 12.5 Å². The molecular weight excluding hydrogens is 316 g/mol. The van der Waals surface area contributed by atoms with Crippen LogP contribution in [0, 0.1) is 29.2 Å². The van der Waals surface area contributed by atoms with E-state index in [-0.39, 0.29) is 11.1 Å². The molecule has 0 aliphatic heterocycles. The van der Waals surface area contributed by atoms with E-state index >= 15 is 0 Å². The van der Waals surface area contributed by atoms with Crippen LogP contribution >= 0.6 is 0 Å². The Hall–Kier alpha value is -1.84. The molecule has 3 rings (SSSR count). The molecule has 0 N–H and O–H groups in total. The van der Waals surface area contributed by atoms with Crippen molar-refractivity contribution in [1.29, 1.82) is 0 Å². The maximum Gasteiger partial charge on any atom is 0.194 e. The molecule has 1 atom stereocenters. The van der Waals surface area contributed by atoms with Crippen molar-refractivity contribution in [1.82, 2.24) is 0 Å². The summed E-state index contributed by atoms with van der Waals surface area (Å²) in [7, 11) is 0. The molecule has 0 aromatic heterocycles. The molecule has 0 saturated heterocycles. The second-order valence-electron chi connectivity index (χ2n) is 6.61. The fourth-order valence-electron chi connectivity index (χ4n) is 3.53. The number of benzene rings is 2. The third-order valence-corrected chi connectivity index (χ3v) is 4.88. The fourth-order valence-corrected chi connectivity index (χ4v) is 3.53. The summed E-state index contributed by atoms with van der Waals surface area (Å²) in [6.07, 6.45) is 6.20. The first-order chi connectivity index (χ1) is 11.5. The van der Waals surface area contributed by atoms with E-state index in [0.717, 1.165) is 55.4 Å². The van der Waals surface area contributed by atoms with Gasteiger partial charge in [-0.3, -0.25) is 0 Å². The Bertz CT molecular complexity index is 729. The monoisotopic (exact) mass is 336 g/mol. The predicted octanol–water partition coefficient (Wildman–Crippen LogP) is 6.21. The SMILES string of the molecule is CCCCC1CCc2cc(-c3cc(F)c(F)c(F)c3)c(F)cc2C1. The van der Waals surface area contributed by atoms with Gasteiger partial charge in [0.1, 0.15) is 5.82 Å². The molecule has 0 amide bonds. The van der Waals surface area contributed by atoms with E-state index in [4.69, 9.17) is 0 Å². The molecule has 1 aliphatic rings. The molecule has 24 heavy (non-hydrogen) atoms. The highest BCUT2D eigenvalue weighted by molar-refractivity contribution is 5.66. The van der Waals surface area contributed by atoms with E-state index in [1.54, 1.807) is 6.07 Å². The van der Waals surface area contributed by atoms with E-state index in [2.05, 4.69) is 6.92 Å². The van der Waals surface area contributed by atoms with Crippen LogP contribution in [0.3, 0.4) is 0 Å². The first kappa shape index (κ1) is 17.0. The van der Waals surface area contributed by atoms with Crippen LogP contribution in [-0.4, -0.2) is 0 Å². The lowest BCUT2D eigenvalue weighted by atomic mass is 9.80. The average Bonchev–Trinajstić information content (AvgIpc) is 2.56. The minimum Gasteiger partial charge on any atom is -0.206 e. The van der Waals surface area contributed by atoms with Crippen LogP contribution in [-0.2, 0) is 12.8 Å². The Kier molecular flexibility index (Phi) is 4.93. The molecule has 2 aromatic carbocycles. The molecule has 0 nitrogen and oxygen atoms in total. The van der Waals surface area contributed by atoms with Gasteiger partial charge < -0.3 is 0 Å². The zero-order valence-corrected chi connectivity index (χ0v) is 13.6. The van der Waals surface area contributed by atoms with Gasteiger partial charge in [0, 0.05) is 5.56 Å². The summed E-state index contributed by atoms with van der Waals surface area (Å²) < 4.78 is 54.4. The predicted molar refractivity (Wildman–Crippen MR) is 86.8 cm³/mol. The normalized spacial score (nSPS) is 17.0. The molecule has 128 valence electrons.